The molecule has 3 aromatic heterocycles. The van der Waals surface area contributed by atoms with Crippen LogP contribution in [0, 0.1) is 13.8 Å². The number of carbonyl (C=O) groups is 3. The summed E-state index contributed by atoms with van der Waals surface area (Å²) in [6.07, 6.45) is 4.70. The van der Waals surface area contributed by atoms with Crippen LogP contribution in [0.3, 0.4) is 0 Å². The van der Waals surface area contributed by atoms with Gasteiger partial charge in [-0.3, -0.25) is 14.6 Å². The van der Waals surface area contributed by atoms with E-state index in [2.05, 4.69) is 4.98 Å². The number of ether oxygens (including phenoxy) is 1. The molecule has 1 atom stereocenters. The van der Waals surface area contributed by atoms with Gasteiger partial charge in [-0.1, -0.05) is 6.07 Å². The number of aromatic nitrogens is 2. The van der Waals surface area contributed by atoms with Gasteiger partial charge in [-0.25, -0.2) is 4.79 Å². The van der Waals surface area contributed by atoms with Crippen molar-refractivity contribution < 1.29 is 23.5 Å². The summed E-state index contributed by atoms with van der Waals surface area (Å²) >= 11 is 0. The Kier molecular flexibility index (Phi) is 6.39. The predicted molar refractivity (Wildman–Crippen MR) is 113 cm³/mol. The average molecular weight is 423 g/mol. The predicted octanol–water partition coefficient (Wildman–Crippen LogP) is 3.33. The number of amides is 1. The fourth-order valence-electron chi connectivity index (χ4n) is 3.69. The van der Waals surface area contributed by atoms with Gasteiger partial charge in [0.05, 0.1) is 19.4 Å². The molecule has 8 nitrogen and oxygen atoms in total. The lowest BCUT2D eigenvalue weighted by Crippen LogP contribution is -2.43. The van der Waals surface area contributed by atoms with Gasteiger partial charge in [0.25, 0.3) is 5.91 Å². The van der Waals surface area contributed by atoms with Crippen molar-refractivity contribution >= 4 is 17.7 Å². The Bertz CT molecular complexity index is 1100. The molecule has 0 N–H and O–H groups in total. The first-order valence-corrected chi connectivity index (χ1v) is 9.79. The topological polar surface area (TPSA) is 94.6 Å². The van der Waals surface area contributed by atoms with E-state index < -0.39 is 17.9 Å². The maximum Gasteiger partial charge on any atom is 0.354 e. The maximum absolute atomic E-state index is 13.6. The molecular formula is C23H25N3O5. The van der Waals surface area contributed by atoms with Crippen molar-refractivity contribution in [2.24, 2.45) is 7.05 Å². The molecule has 3 rings (SSSR count). The van der Waals surface area contributed by atoms with Crippen LogP contribution < -0.4 is 0 Å². The number of pyridine rings is 1. The monoisotopic (exact) mass is 423 g/mol. The fraction of sp³-hybridized carbons (Fsp3) is 0.304. The highest BCUT2D eigenvalue weighted by molar-refractivity contribution is 6.07. The van der Waals surface area contributed by atoms with E-state index in [4.69, 9.17) is 9.15 Å². The Morgan fingerprint density at radius 3 is 2.55 bits per heavy atom. The molecule has 0 aliphatic rings. The molecule has 31 heavy (non-hydrogen) atoms. The summed E-state index contributed by atoms with van der Waals surface area (Å²) in [5.41, 5.74) is 2.64. The van der Waals surface area contributed by atoms with Gasteiger partial charge in [-0.05, 0) is 50.1 Å². The normalized spacial score (nSPS) is 11.8. The molecule has 3 aromatic rings. The highest BCUT2D eigenvalue weighted by Gasteiger charge is 2.33. The van der Waals surface area contributed by atoms with E-state index in [1.807, 2.05) is 6.07 Å². The van der Waals surface area contributed by atoms with Crippen LogP contribution in [0.25, 0.3) is 0 Å². The van der Waals surface area contributed by atoms with Crippen molar-refractivity contribution in [1.82, 2.24) is 14.5 Å². The zero-order chi connectivity index (χ0) is 22.7. The van der Waals surface area contributed by atoms with E-state index in [0.717, 1.165) is 5.56 Å². The number of carbonyl (C=O) groups excluding carboxylic acids is 3. The summed E-state index contributed by atoms with van der Waals surface area (Å²) in [5.74, 6) is -1.06. The van der Waals surface area contributed by atoms with Gasteiger partial charge < -0.3 is 18.6 Å². The number of nitrogens with zero attached hydrogens (tertiary/aromatic N) is 3. The minimum Gasteiger partial charge on any atom is -0.464 e. The van der Waals surface area contributed by atoms with Crippen LogP contribution in [-0.2, 0) is 18.3 Å². The quantitative estimate of drug-likeness (QED) is 0.427. The summed E-state index contributed by atoms with van der Waals surface area (Å²) in [5, 5.41) is 0. The summed E-state index contributed by atoms with van der Waals surface area (Å²) in [7, 11) is 3.00. The summed E-state index contributed by atoms with van der Waals surface area (Å²) < 4.78 is 11.8. The highest BCUT2D eigenvalue weighted by atomic mass is 16.5. The minimum atomic E-state index is -0.817. The average Bonchev–Trinajstić information content (AvgIpc) is 3.38. The van der Waals surface area contributed by atoms with E-state index >= 15 is 0 Å². The number of hydrogen-bond acceptors (Lipinski definition) is 6. The zero-order valence-electron chi connectivity index (χ0n) is 18.2. The van der Waals surface area contributed by atoms with Gasteiger partial charge >= 0.3 is 5.97 Å². The van der Waals surface area contributed by atoms with E-state index in [-0.39, 0.29) is 18.1 Å². The number of methoxy groups -OCH3 is 1. The SMILES string of the molecule is COC(=O)c1c(C)c(C(=O)C(C)N(Cc2cccnc2)C(=O)c2ccco2)c(C)n1C. The Morgan fingerprint density at radius 1 is 1.23 bits per heavy atom. The first-order valence-electron chi connectivity index (χ1n) is 9.79. The molecule has 0 aromatic carbocycles. The van der Waals surface area contributed by atoms with Crippen molar-refractivity contribution in [3.05, 3.63) is 76.8 Å². The molecule has 1 amide bonds. The largest absolute Gasteiger partial charge is 0.464 e. The summed E-state index contributed by atoms with van der Waals surface area (Å²) in [4.78, 5) is 44.5. The molecule has 3 heterocycles. The van der Waals surface area contributed by atoms with Crippen LogP contribution in [0.15, 0.2) is 47.3 Å². The van der Waals surface area contributed by atoms with E-state index in [1.54, 1.807) is 63.0 Å². The third-order valence-electron chi connectivity index (χ3n) is 5.47. The van der Waals surface area contributed by atoms with Gasteiger partial charge in [0, 0.05) is 37.2 Å². The zero-order valence-corrected chi connectivity index (χ0v) is 18.2. The van der Waals surface area contributed by atoms with Crippen LogP contribution in [0.1, 0.15) is 55.1 Å². The smallest absolute Gasteiger partial charge is 0.354 e. The minimum absolute atomic E-state index is 0.139. The lowest BCUT2D eigenvalue weighted by molar-refractivity contribution is 0.0582. The Hall–Kier alpha value is -3.68. The lowest BCUT2D eigenvalue weighted by atomic mass is 9.99. The van der Waals surface area contributed by atoms with Crippen LogP contribution in [-0.4, -0.2) is 45.3 Å². The second kappa shape index (κ2) is 8.99. The fourth-order valence-corrected chi connectivity index (χ4v) is 3.69. The third-order valence-corrected chi connectivity index (χ3v) is 5.47. The van der Waals surface area contributed by atoms with Crippen LogP contribution in [0.4, 0.5) is 0 Å². The molecule has 0 aliphatic heterocycles. The van der Waals surface area contributed by atoms with Gasteiger partial charge in [0.1, 0.15) is 5.69 Å². The summed E-state index contributed by atoms with van der Waals surface area (Å²) in [6.45, 7) is 5.32. The molecule has 0 radical (unpaired) electrons. The second-order valence-electron chi connectivity index (χ2n) is 7.30. The maximum atomic E-state index is 13.6. The van der Waals surface area contributed by atoms with Gasteiger partial charge in [-0.2, -0.15) is 0 Å². The standard InChI is InChI=1S/C23H25N3O5/c1-14-19(15(2)25(4)20(14)23(29)30-5)21(27)16(3)26(13-17-8-6-10-24-12-17)22(28)18-9-7-11-31-18/h6-12,16H,13H2,1-5H3. The molecule has 162 valence electrons. The van der Waals surface area contributed by atoms with Crippen LogP contribution >= 0.6 is 0 Å². The second-order valence-corrected chi connectivity index (χ2v) is 7.30. The number of rotatable bonds is 7. The number of Topliss-reactive ketones (excluding diaryl/α,β-unsaturated/α-hetero) is 1. The van der Waals surface area contributed by atoms with Crippen molar-refractivity contribution in [3.8, 4) is 0 Å². The Balaban J connectivity index is 2.01. The van der Waals surface area contributed by atoms with E-state index in [9.17, 15) is 14.4 Å². The van der Waals surface area contributed by atoms with Crippen molar-refractivity contribution in [2.75, 3.05) is 7.11 Å². The molecule has 0 saturated carbocycles. The first kappa shape index (κ1) is 22.0. The van der Waals surface area contributed by atoms with Crippen molar-refractivity contribution in [2.45, 2.75) is 33.4 Å². The Morgan fingerprint density at radius 2 is 1.97 bits per heavy atom. The van der Waals surface area contributed by atoms with E-state index in [1.165, 1.54) is 18.3 Å². The molecule has 1 unspecified atom stereocenters. The lowest BCUT2D eigenvalue weighted by Gasteiger charge is -2.28. The Labute approximate surface area is 180 Å². The molecule has 0 fully saturated rings. The van der Waals surface area contributed by atoms with Gasteiger partial charge in [0.2, 0.25) is 0 Å². The molecule has 0 saturated heterocycles. The van der Waals surface area contributed by atoms with Gasteiger partial charge in [-0.15, -0.1) is 0 Å². The highest BCUT2D eigenvalue weighted by Crippen LogP contribution is 2.25. The van der Waals surface area contributed by atoms with Crippen LogP contribution in [0.2, 0.25) is 0 Å². The molecule has 0 aliphatic carbocycles. The number of ketones is 1. The van der Waals surface area contributed by atoms with E-state index in [0.29, 0.717) is 22.5 Å². The molecule has 0 bridgehead atoms. The third kappa shape index (κ3) is 4.14. The number of furan rings is 1. The van der Waals surface area contributed by atoms with Gasteiger partial charge in [0.15, 0.2) is 11.5 Å². The van der Waals surface area contributed by atoms with Crippen LogP contribution in [0.5, 0.6) is 0 Å². The number of esters is 1. The first-order chi connectivity index (χ1) is 14.8. The van der Waals surface area contributed by atoms with Crippen molar-refractivity contribution in [1.29, 1.82) is 0 Å². The summed E-state index contributed by atoms with van der Waals surface area (Å²) in [6, 6.07) is 5.97. The molecule has 8 heteroatoms. The number of hydrogen-bond donors (Lipinski definition) is 0. The molecule has 0 spiro atoms. The molecular weight excluding hydrogens is 398 g/mol. The van der Waals surface area contributed by atoms with Crippen molar-refractivity contribution in [3.63, 3.8) is 0 Å².